The molecule has 0 saturated heterocycles. The van der Waals surface area contributed by atoms with Gasteiger partial charge in [-0.15, -0.1) is 11.3 Å². The second-order valence-electron chi connectivity index (χ2n) is 3.94. The van der Waals surface area contributed by atoms with Gasteiger partial charge in [-0.05, 0) is 6.42 Å². The lowest BCUT2D eigenvalue weighted by Crippen LogP contribution is -2.37. The maximum absolute atomic E-state index is 4.22. The molecule has 2 aromatic heterocycles. The van der Waals surface area contributed by atoms with Gasteiger partial charge in [-0.2, -0.15) is 5.10 Å². The van der Waals surface area contributed by atoms with Gasteiger partial charge in [-0.1, -0.05) is 0 Å². The second-order valence-corrected chi connectivity index (χ2v) is 4.91. The van der Waals surface area contributed by atoms with Crippen molar-refractivity contribution in [1.82, 2.24) is 25.1 Å². The van der Waals surface area contributed by atoms with E-state index in [4.69, 9.17) is 0 Å². The summed E-state index contributed by atoms with van der Waals surface area (Å²) in [6.07, 6.45) is 5.71. The summed E-state index contributed by atoms with van der Waals surface area (Å²) in [6.45, 7) is 1.83. The normalized spacial score (nSPS) is 19.6. The second kappa shape index (κ2) is 4.31. The zero-order valence-electron chi connectivity index (χ0n) is 8.83. The van der Waals surface area contributed by atoms with E-state index in [9.17, 15) is 0 Å². The first-order chi connectivity index (χ1) is 7.92. The summed E-state index contributed by atoms with van der Waals surface area (Å²) in [4.78, 5) is 9.56. The maximum Gasteiger partial charge on any atom is 0.138 e. The summed E-state index contributed by atoms with van der Waals surface area (Å²) in [7, 11) is 0. The van der Waals surface area contributed by atoms with Crippen molar-refractivity contribution in [2.45, 2.75) is 32.0 Å². The van der Waals surface area contributed by atoms with Gasteiger partial charge in [-0.25, -0.2) is 9.67 Å². The summed E-state index contributed by atoms with van der Waals surface area (Å²) in [6, 6.07) is 0.497. The molecule has 1 atom stereocenters. The Bertz CT molecular complexity index is 449. The zero-order valence-corrected chi connectivity index (χ0v) is 9.65. The van der Waals surface area contributed by atoms with Crippen LogP contribution in [0.5, 0.6) is 0 Å². The van der Waals surface area contributed by atoms with Crippen LogP contribution in [0.2, 0.25) is 0 Å². The third-order valence-corrected chi connectivity index (χ3v) is 3.63. The third-order valence-electron chi connectivity index (χ3n) is 2.85. The van der Waals surface area contributed by atoms with E-state index >= 15 is 0 Å². The van der Waals surface area contributed by atoms with Crippen LogP contribution in [-0.2, 0) is 19.5 Å². The molecule has 3 rings (SSSR count). The van der Waals surface area contributed by atoms with E-state index in [-0.39, 0.29) is 0 Å². The van der Waals surface area contributed by atoms with Gasteiger partial charge < -0.3 is 5.32 Å². The van der Waals surface area contributed by atoms with Crippen LogP contribution in [0.3, 0.4) is 0 Å². The topological polar surface area (TPSA) is 55.6 Å². The van der Waals surface area contributed by atoms with E-state index in [1.54, 1.807) is 17.7 Å². The number of hydrogen-bond acceptors (Lipinski definition) is 5. The fourth-order valence-corrected chi connectivity index (χ4v) is 2.52. The molecular weight excluding hydrogens is 222 g/mol. The molecular formula is C10H13N5S. The molecule has 0 bridgehead atoms. The van der Waals surface area contributed by atoms with Gasteiger partial charge >= 0.3 is 0 Å². The van der Waals surface area contributed by atoms with Crippen LogP contribution < -0.4 is 5.32 Å². The van der Waals surface area contributed by atoms with Crippen molar-refractivity contribution in [2.75, 3.05) is 0 Å². The van der Waals surface area contributed by atoms with Gasteiger partial charge in [0.1, 0.15) is 12.2 Å². The average Bonchev–Trinajstić information content (AvgIpc) is 2.97. The highest BCUT2D eigenvalue weighted by molar-refractivity contribution is 7.09. The molecule has 1 aliphatic heterocycles. The highest BCUT2D eigenvalue weighted by atomic mass is 32.1. The Labute approximate surface area is 97.5 Å². The molecule has 3 heterocycles. The molecule has 16 heavy (non-hydrogen) atoms. The van der Waals surface area contributed by atoms with Crippen molar-refractivity contribution in [3.63, 3.8) is 0 Å². The molecule has 0 radical (unpaired) electrons. The highest BCUT2D eigenvalue weighted by Gasteiger charge is 2.19. The van der Waals surface area contributed by atoms with E-state index in [0.717, 1.165) is 31.8 Å². The largest absolute Gasteiger partial charge is 0.307 e. The van der Waals surface area contributed by atoms with Crippen LogP contribution in [0.4, 0.5) is 0 Å². The Morgan fingerprint density at radius 1 is 1.56 bits per heavy atom. The van der Waals surface area contributed by atoms with Crippen LogP contribution in [0, 0.1) is 0 Å². The van der Waals surface area contributed by atoms with Gasteiger partial charge in [0.25, 0.3) is 0 Å². The number of nitrogens with zero attached hydrogens (tertiary/aromatic N) is 4. The average molecular weight is 235 g/mol. The Kier molecular flexibility index (Phi) is 2.67. The minimum absolute atomic E-state index is 0.497. The predicted molar refractivity (Wildman–Crippen MR) is 61.1 cm³/mol. The summed E-state index contributed by atoms with van der Waals surface area (Å²) < 4.78 is 1.99. The lowest BCUT2D eigenvalue weighted by molar-refractivity contribution is 0.359. The molecule has 5 nitrogen and oxygen atoms in total. The molecule has 0 fully saturated rings. The molecule has 2 aromatic rings. The first-order valence-electron chi connectivity index (χ1n) is 5.39. The smallest absolute Gasteiger partial charge is 0.138 e. The SMILES string of the molecule is c1nc2n(n1)CC(NCc1cncs1)CC2. The number of hydrogen-bond donors (Lipinski definition) is 1. The molecule has 1 N–H and O–H groups in total. The van der Waals surface area contributed by atoms with Crippen molar-refractivity contribution in [3.05, 3.63) is 28.7 Å². The van der Waals surface area contributed by atoms with Crippen LogP contribution >= 0.6 is 11.3 Å². The third kappa shape index (κ3) is 1.98. The number of thiazole rings is 1. The van der Waals surface area contributed by atoms with Gasteiger partial charge in [0.15, 0.2) is 0 Å². The fourth-order valence-electron chi connectivity index (χ4n) is 1.98. The van der Waals surface area contributed by atoms with Crippen molar-refractivity contribution < 1.29 is 0 Å². The lowest BCUT2D eigenvalue weighted by Gasteiger charge is -2.23. The Morgan fingerprint density at radius 3 is 3.44 bits per heavy atom. The van der Waals surface area contributed by atoms with Crippen LogP contribution in [0.15, 0.2) is 18.0 Å². The molecule has 0 aliphatic carbocycles. The first-order valence-corrected chi connectivity index (χ1v) is 6.27. The van der Waals surface area contributed by atoms with E-state index in [2.05, 4.69) is 20.4 Å². The van der Waals surface area contributed by atoms with E-state index in [1.165, 1.54) is 4.88 Å². The molecule has 0 aromatic carbocycles. The van der Waals surface area contributed by atoms with Gasteiger partial charge in [-0.3, -0.25) is 4.98 Å². The highest BCUT2D eigenvalue weighted by Crippen LogP contribution is 2.12. The number of nitrogens with one attached hydrogen (secondary N) is 1. The summed E-state index contributed by atoms with van der Waals surface area (Å²) in [5.74, 6) is 1.11. The number of rotatable bonds is 3. The van der Waals surface area contributed by atoms with Gasteiger partial charge in [0.2, 0.25) is 0 Å². The number of aromatic nitrogens is 4. The molecule has 1 unspecified atom stereocenters. The maximum atomic E-state index is 4.22. The van der Waals surface area contributed by atoms with Gasteiger partial charge in [0.05, 0.1) is 12.1 Å². The first kappa shape index (κ1) is 9.92. The Balaban J connectivity index is 1.58. The summed E-state index contributed by atoms with van der Waals surface area (Å²) in [5.41, 5.74) is 1.87. The number of aryl methyl sites for hydroxylation is 1. The Morgan fingerprint density at radius 2 is 2.56 bits per heavy atom. The molecule has 0 saturated carbocycles. The van der Waals surface area contributed by atoms with Crippen molar-refractivity contribution in [3.8, 4) is 0 Å². The fraction of sp³-hybridized carbons (Fsp3) is 0.500. The van der Waals surface area contributed by atoms with Gasteiger partial charge in [0, 0.05) is 30.1 Å². The predicted octanol–water partition coefficient (Wildman–Crippen LogP) is 0.839. The molecule has 6 heteroatoms. The quantitative estimate of drug-likeness (QED) is 0.856. The molecule has 84 valence electrons. The van der Waals surface area contributed by atoms with E-state index < -0.39 is 0 Å². The molecule has 0 spiro atoms. The number of fused-ring (bicyclic) bond motifs is 1. The van der Waals surface area contributed by atoms with E-state index in [1.807, 2.05) is 16.4 Å². The summed E-state index contributed by atoms with van der Waals surface area (Å²) in [5, 5.41) is 7.74. The van der Waals surface area contributed by atoms with Crippen LogP contribution in [0.1, 0.15) is 17.1 Å². The van der Waals surface area contributed by atoms with Crippen LogP contribution in [-0.4, -0.2) is 25.8 Å². The van der Waals surface area contributed by atoms with E-state index in [0.29, 0.717) is 6.04 Å². The minimum Gasteiger partial charge on any atom is -0.307 e. The van der Waals surface area contributed by atoms with Crippen LogP contribution in [0.25, 0.3) is 0 Å². The monoisotopic (exact) mass is 235 g/mol. The van der Waals surface area contributed by atoms with Crippen molar-refractivity contribution in [1.29, 1.82) is 0 Å². The standard InChI is InChI=1S/C10H13N5S/c1-2-10-13-6-14-15(10)5-8(1)12-4-9-3-11-7-16-9/h3,6-8,12H,1-2,4-5H2. The Hall–Kier alpha value is -1.27. The molecule has 0 amide bonds. The summed E-state index contributed by atoms with van der Waals surface area (Å²) >= 11 is 1.69. The molecule has 1 aliphatic rings. The van der Waals surface area contributed by atoms with Crippen molar-refractivity contribution >= 4 is 11.3 Å². The zero-order chi connectivity index (χ0) is 10.8. The minimum atomic E-state index is 0.497. The lowest BCUT2D eigenvalue weighted by atomic mass is 10.1. The van der Waals surface area contributed by atoms with Crippen molar-refractivity contribution in [2.24, 2.45) is 0 Å².